The van der Waals surface area contributed by atoms with Gasteiger partial charge < -0.3 is 4.74 Å². The number of carbonyl (C=O) groups is 1. The number of thioether (sulfide) groups is 1. The second kappa shape index (κ2) is 11.4. The molecule has 1 saturated heterocycles. The lowest BCUT2D eigenvalue weighted by atomic mass is 10.0. The largest absolute Gasteiger partial charge is 0.493 e. The first-order valence-corrected chi connectivity index (χ1v) is 13.8. The molecule has 4 aromatic rings. The van der Waals surface area contributed by atoms with Crippen molar-refractivity contribution in [2.24, 2.45) is 5.92 Å². The summed E-state index contributed by atoms with van der Waals surface area (Å²) in [6.07, 6.45) is 3.88. The van der Waals surface area contributed by atoms with E-state index >= 15 is 0 Å². The zero-order chi connectivity index (χ0) is 26.6. The van der Waals surface area contributed by atoms with Gasteiger partial charge in [0.15, 0.2) is 0 Å². The number of amides is 1. The number of aromatic nitrogens is 2. The van der Waals surface area contributed by atoms with E-state index < -0.39 is 0 Å². The Morgan fingerprint density at radius 3 is 2.42 bits per heavy atom. The summed E-state index contributed by atoms with van der Waals surface area (Å²) in [4.78, 5) is 15.7. The van der Waals surface area contributed by atoms with Gasteiger partial charge >= 0.3 is 0 Å². The molecule has 0 spiro atoms. The highest BCUT2D eigenvalue weighted by Crippen LogP contribution is 2.37. The number of hydrogen-bond acceptors (Lipinski definition) is 5. The maximum Gasteiger partial charge on any atom is 0.266 e. The Balaban J connectivity index is 1.54. The van der Waals surface area contributed by atoms with Crippen LogP contribution in [-0.2, 0) is 11.3 Å². The molecule has 7 heteroatoms. The van der Waals surface area contributed by atoms with Gasteiger partial charge in [0.25, 0.3) is 5.91 Å². The Labute approximate surface area is 233 Å². The van der Waals surface area contributed by atoms with Crippen molar-refractivity contribution in [3.63, 3.8) is 0 Å². The molecule has 0 saturated carbocycles. The molecule has 5 rings (SSSR count). The Bertz CT molecular complexity index is 1490. The van der Waals surface area contributed by atoms with E-state index in [-0.39, 0.29) is 5.91 Å². The second-order valence-electron chi connectivity index (χ2n) is 9.60. The second-order valence-corrected chi connectivity index (χ2v) is 11.3. The van der Waals surface area contributed by atoms with Gasteiger partial charge in [-0.3, -0.25) is 9.69 Å². The minimum atomic E-state index is -0.0898. The Morgan fingerprint density at radius 2 is 1.71 bits per heavy atom. The molecule has 1 fully saturated rings. The van der Waals surface area contributed by atoms with Crippen LogP contribution in [0.1, 0.15) is 30.5 Å². The van der Waals surface area contributed by atoms with E-state index in [2.05, 4.69) is 20.8 Å². The van der Waals surface area contributed by atoms with Crippen molar-refractivity contribution in [1.82, 2.24) is 14.7 Å². The molecule has 1 aromatic heterocycles. The maximum absolute atomic E-state index is 13.4. The van der Waals surface area contributed by atoms with Gasteiger partial charge in [0.05, 0.1) is 23.7 Å². The summed E-state index contributed by atoms with van der Waals surface area (Å²) >= 11 is 6.93. The molecule has 0 N–H and O–H groups in total. The van der Waals surface area contributed by atoms with Gasteiger partial charge in [-0.15, -0.1) is 0 Å². The average molecular weight is 540 g/mol. The van der Waals surface area contributed by atoms with Crippen LogP contribution in [0.15, 0.2) is 90.0 Å². The molecule has 0 aliphatic carbocycles. The number of rotatable bonds is 8. The summed E-state index contributed by atoms with van der Waals surface area (Å²) in [5, 5.41) is 4.97. The van der Waals surface area contributed by atoms with E-state index in [4.69, 9.17) is 22.1 Å². The molecule has 0 atom stereocenters. The number of para-hydroxylation sites is 1. The number of nitrogens with zero attached hydrogens (tertiary/aromatic N) is 3. The molecule has 38 heavy (non-hydrogen) atoms. The lowest BCUT2D eigenvalue weighted by Gasteiger charge is -2.14. The van der Waals surface area contributed by atoms with Crippen LogP contribution in [0.2, 0.25) is 0 Å². The van der Waals surface area contributed by atoms with E-state index in [1.807, 2.05) is 95.8 Å². The highest BCUT2D eigenvalue weighted by atomic mass is 32.2. The zero-order valence-corrected chi connectivity index (χ0v) is 23.3. The highest BCUT2D eigenvalue weighted by Gasteiger charge is 2.32. The normalized spacial score (nSPS) is 14.6. The fraction of sp³-hybridized carbons (Fsp3) is 0.194. The molecular weight excluding hydrogens is 510 g/mol. The smallest absolute Gasteiger partial charge is 0.266 e. The predicted octanol–water partition coefficient (Wildman–Crippen LogP) is 7.28. The molecular formula is C31H29N3O2S2. The van der Waals surface area contributed by atoms with Gasteiger partial charge in [-0.2, -0.15) is 5.10 Å². The lowest BCUT2D eigenvalue weighted by Crippen LogP contribution is -2.27. The van der Waals surface area contributed by atoms with Crippen LogP contribution in [0.5, 0.6) is 5.75 Å². The monoisotopic (exact) mass is 539 g/mol. The van der Waals surface area contributed by atoms with Gasteiger partial charge in [-0.25, -0.2) is 4.68 Å². The van der Waals surface area contributed by atoms with Crippen molar-refractivity contribution in [1.29, 1.82) is 0 Å². The third kappa shape index (κ3) is 5.59. The number of ether oxygens (including phenoxy) is 1. The lowest BCUT2D eigenvalue weighted by molar-refractivity contribution is -0.122. The van der Waals surface area contributed by atoms with Gasteiger partial charge in [-0.05, 0) is 42.7 Å². The van der Waals surface area contributed by atoms with Crippen molar-refractivity contribution in [2.45, 2.75) is 27.3 Å². The molecule has 2 heterocycles. The molecule has 192 valence electrons. The molecule has 1 aliphatic heterocycles. The van der Waals surface area contributed by atoms with Crippen LogP contribution in [0.4, 0.5) is 0 Å². The van der Waals surface area contributed by atoms with Gasteiger partial charge in [-0.1, -0.05) is 98.5 Å². The summed E-state index contributed by atoms with van der Waals surface area (Å²) in [5.74, 6) is 1.17. The maximum atomic E-state index is 13.4. The first kappa shape index (κ1) is 25.9. The molecule has 1 aliphatic rings. The topological polar surface area (TPSA) is 47.4 Å². The van der Waals surface area contributed by atoms with Crippen LogP contribution in [0.25, 0.3) is 23.0 Å². The number of benzene rings is 3. The number of thiocarbonyl (C=S) groups is 1. The van der Waals surface area contributed by atoms with Crippen molar-refractivity contribution in [2.75, 3.05) is 6.61 Å². The average Bonchev–Trinajstić information content (AvgIpc) is 3.45. The predicted molar refractivity (Wildman–Crippen MR) is 159 cm³/mol. The van der Waals surface area contributed by atoms with Crippen molar-refractivity contribution in [3.8, 4) is 22.7 Å². The van der Waals surface area contributed by atoms with Crippen molar-refractivity contribution >= 4 is 40.3 Å². The van der Waals surface area contributed by atoms with Crippen LogP contribution in [0, 0.1) is 12.8 Å². The first-order chi connectivity index (χ1) is 18.4. The van der Waals surface area contributed by atoms with E-state index in [0.29, 0.717) is 28.3 Å². The molecule has 0 bridgehead atoms. The zero-order valence-electron chi connectivity index (χ0n) is 21.6. The standard InChI is InChI=1S/C31H29N3O2S2/c1-21(2)20-36-27-16-10-15-26(22(27)3)29-24(19-34(32-29)25-13-8-5-9-14-25)17-28-30(35)33(31(37)38-28)18-23-11-6-4-7-12-23/h4-17,19,21H,18,20H2,1-3H3/b28-17-. The van der Waals surface area contributed by atoms with E-state index in [1.54, 1.807) is 4.90 Å². The molecule has 5 nitrogen and oxygen atoms in total. The van der Waals surface area contributed by atoms with Crippen LogP contribution in [-0.4, -0.2) is 31.5 Å². The highest BCUT2D eigenvalue weighted by molar-refractivity contribution is 8.26. The molecule has 1 amide bonds. The Kier molecular flexibility index (Phi) is 7.77. The van der Waals surface area contributed by atoms with Gasteiger partial charge in [0, 0.05) is 22.9 Å². The van der Waals surface area contributed by atoms with Crippen LogP contribution in [0.3, 0.4) is 0 Å². The van der Waals surface area contributed by atoms with E-state index in [0.717, 1.165) is 39.4 Å². The third-order valence-electron chi connectivity index (χ3n) is 6.22. The SMILES string of the molecule is Cc1c(OCC(C)C)cccc1-c1nn(-c2ccccc2)cc1/C=C1\SC(=S)N(Cc2ccccc2)C1=O. The minimum absolute atomic E-state index is 0.0898. The Morgan fingerprint density at radius 1 is 1.00 bits per heavy atom. The van der Waals surface area contributed by atoms with Gasteiger partial charge in [0.1, 0.15) is 15.8 Å². The van der Waals surface area contributed by atoms with Gasteiger partial charge in [0.2, 0.25) is 0 Å². The number of carbonyl (C=O) groups excluding carboxylic acids is 1. The van der Waals surface area contributed by atoms with E-state index in [1.165, 1.54) is 11.8 Å². The quantitative estimate of drug-likeness (QED) is 0.174. The summed E-state index contributed by atoms with van der Waals surface area (Å²) in [6.45, 7) is 7.40. The first-order valence-electron chi connectivity index (χ1n) is 12.6. The molecule has 3 aromatic carbocycles. The number of hydrogen-bond donors (Lipinski definition) is 0. The summed E-state index contributed by atoms with van der Waals surface area (Å²) in [5.41, 5.74) is 5.59. The van der Waals surface area contributed by atoms with Crippen molar-refractivity contribution < 1.29 is 9.53 Å². The minimum Gasteiger partial charge on any atom is -0.493 e. The fourth-order valence-corrected chi connectivity index (χ4v) is 5.49. The van der Waals surface area contributed by atoms with E-state index in [9.17, 15) is 4.79 Å². The Hall–Kier alpha value is -3.68. The summed E-state index contributed by atoms with van der Waals surface area (Å²) in [7, 11) is 0. The molecule has 0 unspecified atom stereocenters. The summed E-state index contributed by atoms with van der Waals surface area (Å²) < 4.78 is 8.51. The summed E-state index contributed by atoms with van der Waals surface area (Å²) in [6, 6.07) is 25.9. The van der Waals surface area contributed by atoms with Crippen molar-refractivity contribution in [3.05, 3.63) is 107 Å². The van der Waals surface area contributed by atoms with Crippen LogP contribution >= 0.6 is 24.0 Å². The molecule has 0 radical (unpaired) electrons. The fourth-order valence-electron chi connectivity index (χ4n) is 4.24. The van der Waals surface area contributed by atoms with Crippen LogP contribution < -0.4 is 4.74 Å². The third-order valence-corrected chi connectivity index (χ3v) is 7.60.